The van der Waals surface area contributed by atoms with Crippen molar-refractivity contribution in [2.75, 3.05) is 13.1 Å². The van der Waals surface area contributed by atoms with Crippen LogP contribution >= 0.6 is 11.3 Å². The summed E-state index contributed by atoms with van der Waals surface area (Å²) < 4.78 is 0. The summed E-state index contributed by atoms with van der Waals surface area (Å²) in [7, 11) is 0. The molecule has 1 N–H and O–H groups in total. The van der Waals surface area contributed by atoms with Gasteiger partial charge in [-0.1, -0.05) is 26.3 Å². The van der Waals surface area contributed by atoms with Gasteiger partial charge in [-0.15, -0.1) is 11.3 Å². The van der Waals surface area contributed by atoms with Gasteiger partial charge < -0.3 is 5.32 Å². The minimum Gasteiger partial charge on any atom is -0.311 e. The molecule has 3 rings (SSSR count). The molecule has 2 nitrogen and oxygen atoms in total. The zero-order chi connectivity index (χ0) is 14.2. The summed E-state index contributed by atoms with van der Waals surface area (Å²) in [6, 6.07) is 5.13. The highest BCUT2D eigenvalue weighted by molar-refractivity contribution is 7.09. The molecule has 1 aromatic rings. The first kappa shape index (κ1) is 14.6. The molecule has 0 amide bonds. The molecule has 1 saturated carbocycles. The van der Waals surface area contributed by atoms with Crippen molar-refractivity contribution in [2.45, 2.75) is 58.2 Å². The van der Waals surface area contributed by atoms with E-state index >= 15 is 0 Å². The number of piperazine rings is 1. The Kier molecular flexibility index (Phi) is 4.21. The third kappa shape index (κ3) is 2.81. The Morgan fingerprint density at radius 2 is 2.30 bits per heavy atom. The molecule has 1 aliphatic heterocycles. The Morgan fingerprint density at radius 1 is 1.50 bits per heavy atom. The fraction of sp³-hybridized carbons (Fsp3) is 0.765. The lowest BCUT2D eigenvalue weighted by Gasteiger charge is -2.50. The lowest BCUT2D eigenvalue weighted by molar-refractivity contribution is 0.0174. The van der Waals surface area contributed by atoms with Crippen molar-refractivity contribution in [1.82, 2.24) is 10.2 Å². The standard InChI is InChI=1S/C17H28N2S/c1-4-13(2)16-11-19(10-15-6-5-9-20-15)17(3,12-18-16)14-7-8-14/h5-6,9,13-14,16,18H,4,7-8,10-12H2,1-3H3. The van der Waals surface area contributed by atoms with Crippen molar-refractivity contribution in [2.24, 2.45) is 11.8 Å². The van der Waals surface area contributed by atoms with Gasteiger partial charge in [0, 0.05) is 36.1 Å². The fourth-order valence-corrected chi connectivity index (χ4v) is 4.29. The number of nitrogens with one attached hydrogen (secondary N) is 1. The van der Waals surface area contributed by atoms with Crippen molar-refractivity contribution in [3.63, 3.8) is 0 Å². The lowest BCUT2D eigenvalue weighted by Crippen LogP contribution is -2.65. The molecule has 20 heavy (non-hydrogen) atoms. The van der Waals surface area contributed by atoms with Crippen LogP contribution in [0.4, 0.5) is 0 Å². The fourth-order valence-electron chi connectivity index (χ4n) is 3.57. The van der Waals surface area contributed by atoms with E-state index in [1.807, 2.05) is 11.3 Å². The van der Waals surface area contributed by atoms with E-state index in [4.69, 9.17) is 0 Å². The van der Waals surface area contributed by atoms with Crippen molar-refractivity contribution in [3.05, 3.63) is 22.4 Å². The van der Waals surface area contributed by atoms with Crippen LogP contribution < -0.4 is 5.32 Å². The molecule has 0 bridgehead atoms. The van der Waals surface area contributed by atoms with Gasteiger partial charge in [-0.05, 0) is 43.0 Å². The first-order valence-corrected chi connectivity index (χ1v) is 9.02. The van der Waals surface area contributed by atoms with Crippen molar-refractivity contribution in [1.29, 1.82) is 0 Å². The van der Waals surface area contributed by atoms with E-state index in [2.05, 4.69) is 48.5 Å². The number of thiophene rings is 1. The van der Waals surface area contributed by atoms with E-state index in [9.17, 15) is 0 Å². The molecule has 3 atom stereocenters. The molecule has 1 saturated heterocycles. The summed E-state index contributed by atoms with van der Waals surface area (Å²) in [5.74, 6) is 1.68. The van der Waals surface area contributed by atoms with Gasteiger partial charge in [0.05, 0.1) is 0 Å². The van der Waals surface area contributed by atoms with E-state index in [1.165, 1.54) is 30.7 Å². The summed E-state index contributed by atoms with van der Waals surface area (Å²) in [5, 5.41) is 6.06. The summed E-state index contributed by atoms with van der Waals surface area (Å²) in [6.07, 6.45) is 4.12. The molecule has 1 aliphatic carbocycles. The second-order valence-electron chi connectivity index (χ2n) is 6.96. The SMILES string of the molecule is CCC(C)C1CN(Cc2cccs2)C(C)(C2CC2)CN1. The van der Waals surface area contributed by atoms with E-state index in [1.54, 1.807) is 0 Å². The molecule has 2 heterocycles. The zero-order valence-electron chi connectivity index (χ0n) is 13.1. The number of hydrogen-bond donors (Lipinski definition) is 1. The molecular formula is C17H28N2S. The normalized spacial score (nSPS) is 33.2. The van der Waals surface area contributed by atoms with Crippen LogP contribution in [-0.4, -0.2) is 29.6 Å². The molecule has 0 spiro atoms. The maximum absolute atomic E-state index is 3.85. The molecule has 112 valence electrons. The second-order valence-corrected chi connectivity index (χ2v) is 8.00. The summed E-state index contributed by atoms with van der Waals surface area (Å²) >= 11 is 1.90. The number of nitrogens with zero attached hydrogens (tertiary/aromatic N) is 1. The van der Waals surface area contributed by atoms with E-state index < -0.39 is 0 Å². The quantitative estimate of drug-likeness (QED) is 0.889. The van der Waals surface area contributed by atoms with Crippen molar-refractivity contribution < 1.29 is 0 Å². The molecular weight excluding hydrogens is 264 g/mol. The first-order chi connectivity index (χ1) is 9.63. The third-order valence-electron chi connectivity index (χ3n) is 5.58. The van der Waals surface area contributed by atoms with Gasteiger partial charge in [0.15, 0.2) is 0 Å². The average Bonchev–Trinajstić information content (AvgIpc) is 3.20. The van der Waals surface area contributed by atoms with Crippen molar-refractivity contribution >= 4 is 11.3 Å². The van der Waals surface area contributed by atoms with E-state index in [0.717, 1.165) is 24.9 Å². The Balaban J connectivity index is 1.75. The van der Waals surface area contributed by atoms with E-state index in [-0.39, 0.29) is 0 Å². The number of hydrogen-bond acceptors (Lipinski definition) is 3. The summed E-state index contributed by atoms with van der Waals surface area (Å²) in [6.45, 7) is 10.7. The summed E-state index contributed by atoms with van der Waals surface area (Å²) in [4.78, 5) is 4.30. The van der Waals surface area contributed by atoms with Gasteiger partial charge in [-0.2, -0.15) is 0 Å². The first-order valence-electron chi connectivity index (χ1n) is 8.14. The Labute approximate surface area is 127 Å². The minimum absolute atomic E-state index is 0.369. The Hall–Kier alpha value is -0.380. The Morgan fingerprint density at radius 3 is 2.90 bits per heavy atom. The molecule has 2 aliphatic rings. The van der Waals surface area contributed by atoms with Crippen LogP contribution in [0.2, 0.25) is 0 Å². The second kappa shape index (κ2) is 5.78. The molecule has 0 aromatic carbocycles. The lowest BCUT2D eigenvalue weighted by atomic mass is 9.86. The van der Waals surface area contributed by atoms with Crippen LogP contribution in [0.25, 0.3) is 0 Å². The van der Waals surface area contributed by atoms with Crippen molar-refractivity contribution in [3.8, 4) is 0 Å². The van der Waals surface area contributed by atoms with Crippen LogP contribution in [-0.2, 0) is 6.54 Å². The predicted octanol–water partition coefficient (Wildman–Crippen LogP) is 3.74. The van der Waals surface area contributed by atoms with Gasteiger partial charge in [0.2, 0.25) is 0 Å². The monoisotopic (exact) mass is 292 g/mol. The average molecular weight is 292 g/mol. The number of rotatable bonds is 5. The van der Waals surface area contributed by atoms with Crippen LogP contribution in [0.1, 0.15) is 44.9 Å². The molecule has 1 aromatic heterocycles. The summed E-state index contributed by atoms with van der Waals surface area (Å²) in [5.41, 5.74) is 0.369. The molecule has 3 heteroatoms. The molecule has 0 radical (unpaired) electrons. The van der Waals surface area contributed by atoms with Crippen LogP contribution in [0.15, 0.2) is 17.5 Å². The van der Waals surface area contributed by atoms with Gasteiger partial charge in [-0.25, -0.2) is 0 Å². The highest BCUT2D eigenvalue weighted by Gasteiger charge is 2.48. The smallest absolute Gasteiger partial charge is 0.0338 e. The Bertz CT molecular complexity index is 426. The predicted molar refractivity (Wildman–Crippen MR) is 87.1 cm³/mol. The highest BCUT2D eigenvalue weighted by atomic mass is 32.1. The van der Waals surface area contributed by atoms with E-state index in [0.29, 0.717) is 11.6 Å². The van der Waals surface area contributed by atoms with Gasteiger partial charge >= 0.3 is 0 Å². The van der Waals surface area contributed by atoms with Crippen LogP contribution in [0, 0.1) is 11.8 Å². The maximum Gasteiger partial charge on any atom is 0.0338 e. The minimum atomic E-state index is 0.369. The van der Waals surface area contributed by atoms with Gasteiger partial charge in [-0.3, -0.25) is 4.90 Å². The van der Waals surface area contributed by atoms with Gasteiger partial charge in [0.1, 0.15) is 0 Å². The maximum atomic E-state index is 3.85. The third-order valence-corrected chi connectivity index (χ3v) is 6.44. The highest BCUT2D eigenvalue weighted by Crippen LogP contribution is 2.45. The largest absolute Gasteiger partial charge is 0.311 e. The van der Waals surface area contributed by atoms with Crippen LogP contribution in [0.5, 0.6) is 0 Å². The molecule has 2 fully saturated rings. The topological polar surface area (TPSA) is 15.3 Å². The van der Waals surface area contributed by atoms with Crippen LogP contribution in [0.3, 0.4) is 0 Å². The molecule has 3 unspecified atom stereocenters. The van der Waals surface area contributed by atoms with Gasteiger partial charge in [0.25, 0.3) is 0 Å². The zero-order valence-corrected chi connectivity index (χ0v) is 13.9.